The van der Waals surface area contributed by atoms with E-state index in [2.05, 4.69) is 0 Å². The number of halogens is 2. The molecule has 0 spiro atoms. The van der Waals surface area contributed by atoms with E-state index >= 15 is 0 Å². The van der Waals surface area contributed by atoms with Gasteiger partial charge < -0.3 is 9.84 Å². The first-order chi connectivity index (χ1) is 11.4. The van der Waals surface area contributed by atoms with Crippen LogP contribution in [0.15, 0.2) is 48.2 Å². The number of benzene rings is 2. The average Bonchev–Trinajstić information content (AvgIpc) is 2.84. The van der Waals surface area contributed by atoms with Gasteiger partial charge in [0.25, 0.3) is 0 Å². The van der Waals surface area contributed by atoms with Crippen LogP contribution in [0.1, 0.15) is 21.5 Å². The Morgan fingerprint density at radius 1 is 1.08 bits per heavy atom. The number of fused-ring (bicyclic) bond motifs is 1. The molecule has 2 aromatic rings. The molecule has 2 aromatic carbocycles. The quantitative estimate of drug-likeness (QED) is 0.805. The molecule has 24 heavy (non-hydrogen) atoms. The van der Waals surface area contributed by atoms with Gasteiger partial charge in [0.05, 0.1) is 10.6 Å². The van der Waals surface area contributed by atoms with Gasteiger partial charge in [-0.2, -0.15) is 0 Å². The smallest absolute Gasteiger partial charge is 0.328 e. The Bertz CT molecular complexity index is 896. The van der Waals surface area contributed by atoms with Crippen LogP contribution in [0.2, 0.25) is 10.0 Å². The molecular formula is C18H10Cl2O4. The summed E-state index contributed by atoms with van der Waals surface area (Å²) in [5.41, 5.74) is 1.80. The summed E-state index contributed by atoms with van der Waals surface area (Å²) in [5.74, 6) is -0.843. The summed E-state index contributed by atoms with van der Waals surface area (Å²) >= 11 is 12.0. The van der Waals surface area contributed by atoms with Crippen LogP contribution in [-0.2, 0) is 4.79 Å². The second kappa shape index (κ2) is 6.51. The molecule has 1 N–H and O–H groups in total. The third-order valence-corrected chi connectivity index (χ3v) is 3.84. The van der Waals surface area contributed by atoms with Gasteiger partial charge in [0.1, 0.15) is 0 Å². The zero-order valence-corrected chi connectivity index (χ0v) is 13.6. The van der Waals surface area contributed by atoms with Gasteiger partial charge in [-0.3, -0.25) is 4.79 Å². The van der Waals surface area contributed by atoms with Crippen LogP contribution in [-0.4, -0.2) is 16.9 Å². The number of rotatable bonds is 3. The summed E-state index contributed by atoms with van der Waals surface area (Å²) in [5, 5.41) is 9.25. The molecule has 4 nitrogen and oxygen atoms in total. The molecule has 0 unspecified atom stereocenters. The van der Waals surface area contributed by atoms with E-state index in [0.29, 0.717) is 16.3 Å². The lowest BCUT2D eigenvalue weighted by Crippen LogP contribution is -1.98. The highest BCUT2D eigenvalue weighted by atomic mass is 35.5. The van der Waals surface area contributed by atoms with Gasteiger partial charge in [-0.1, -0.05) is 47.5 Å². The number of aliphatic carboxylic acids is 1. The summed E-state index contributed by atoms with van der Waals surface area (Å²) in [7, 11) is 0. The zero-order chi connectivity index (χ0) is 17.3. The zero-order valence-electron chi connectivity index (χ0n) is 12.1. The SMILES string of the molecule is O=C(O)C=Cc1ccc(C=C2Oc3c(Cl)cc(Cl)cc3C2=O)cc1. The second-order valence-electron chi connectivity index (χ2n) is 5.04. The third kappa shape index (κ3) is 3.35. The van der Waals surface area contributed by atoms with E-state index in [1.165, 1.54) is 18.2 Å². The number of allylic oxidation sites excluding steroid dienone is 1. The molecule has 120 valence electrons. The maximum absolute atomic E-state index is 12.4. The Balaban J connectivity index is 1.87. The van der Waals surface area contributed by atoms with Crippen molar-refractivity contribution in [2.75, 3.05) is 0 Å². The van der Waals surface area contributed by atoms with Gasteiger partial charge in [0.2, 0.25) is 5.78 Å². The number of hydrogen-bond acceptors (Lipinski definition) is 3. The normalized spacial score (nSPS) is 14.9. The van der Waals surface area contributed by atoms with E-state index < -0.39 is 5.97 Å². The highest BCUT2D eigenvalue weighted by molar-refractivity contribution is 6.37. The first kappa shape index (κ1) is 16.3. The molecule has 0 saturated heterocycles. The molecule has 0 fully saturated rings. The number of hydrogen-bond donors (Lipinski definition) is 1. The summed E-state index contributed by atoms with van der Waals surface area (Å²) in [4.78, 5) is 22.9. The number of carbonyl (C=O) groups is 2. The molecule has 1 aliphatic rings. The maximum atomic E-state index is 12.4. The molecule has 1 aliphatic heterocycles. The maximum Gasteiger partial charge on any atom is 0.328 e. The van der Waals surface area contributed by atoms with Crippen LogP contribution < -0.4 is 4.74 Å². The van der Waals surface area contributed by atoms with Crippen LogP contribution in [0.4, 0.5) is 0 Å². The Hall–Kier alpha value is -2.56. The lowest BCUT2D eigenvalue weighted by molar-refractivity contribution is -0.131. The van der Waals surface area contributed by atoms with Crippen molar-refractivity contribution in [3.63, 3.8) is 0 Å². The van der Waals surface area contributed by atoms with Crippen molar-refractivity contribution in [3.05, 3.63) is 75.0 Å². The lowest BCUT2D eigenvalue weighted by Gasteiger charge is -2.01. The van der Waals surface area contributed by atoms with Gasteiger partial charge in [0.15, 0.2) is 11.5 Å². The van der Waals surface area contributed by atoms with Gasteiger partial charge in [-0.15, -0.1) is 0 Å². The summed E-state index contributed by atoms with van der Waals surface area (Å²) in [6.07, 6.45) is 4.13. The third-order valence-electron chi connectivity index (χ3n) is 3.34. The summed E-state index contributed by atoms with van der Waals surface area (Å²) in [6.45, 7) is 0. The van der Waals surface area contributed by atoms with Crippen LogP contribution in [0.3, 0.4) is 0 Å². The predicted octanol–water partition coefficient (Wildman–Crippen LogP) is 4.71. The van der Waals surface area contributed by atoms with Gasteiger partial charge in [-0.05, 0) is 35.4 Å². The average molecular weight is 361 g/mol. The fraction of sp³-hybridized carbons (Fsp3) is 0. The number of ether oxygens (including phenoxy) is 1. The Kier molecular flexibility index (Phi) is 4.42. The summed E-state index contributed by atoms with van der Waals surface area (Å²) < 4.78 is 5.55. The molecule has 0 atom stereocenters. The number of ketones is 1. The molecule has 0 saturated carbocycles. The van der Waals surface area contributed by atoms with E-state index in [0.717, 1.165) is 17.2 Å². The molecule has 0 aliphatic carbocycles. The largest absolute Gasteiger partial charge is 0.478 e. The topological polar surface area (TPSA) is 63.6 Å². The van der Waals surface area contributed by atoms with E-state index in [1.54, 1.807) is 30.3 Å². The van der Waals surface area contributed by atoms with Crippen molar-refractivity contribution in [2.45, 2.75) is 0 Å². The monoisotopic (exact) mass is 360 g/mol. The Morgan fingerprint density at radius 3 is 2.42 bits per heavy atom. The fourth-order valence-corrected chi connectivity index (χ4v) is 2.77. The van der Waals surface area contributed by atoms with Crippen LogP contribution in [0.5, 0.6) is 5.75 Å². The van der Waals surface area contributed by atoms with E-state index in [1.807, 2.05) is 0 Å². The first-order valence-electron chi connectivity index (χ1n) is 6.88. The van der Waals surface area contributed by atoms with Crippen molar-refractivity contribution < 1.29 is 19.4 Å². The number of carboxylic acid groups (broad SMARTS) is 1. The predicted molar refractivity (Wildman–Crippen MR) is 92.5 cm³/mol. The molecule has 0 radical (unpaired) electrons. The van der Waals surface area contributed by atoms with Crippen LogP contribution >= 0.6 is 23.2 Å². The van der Waals surface area contributed by atoms with Crippen molar-refractivity contribution in [1.29, 1.82) is 0 Å². The first-order valence-corrected chi connectivity index (χ1v) is 7.64. The molecule has 0 amide bonds. The van der Waals surface area contributed by atoms with Crippen LogP contribution in [0.25, 0.3) is 12.2 Å². The molecule has 3 rings (SSSR count). The van der Waals surface area contributed by atoms with Crippen molar-refractivity contribution >= 4 is 47.1 Å². The van der Waals surface area contributed by atoms with Gasteiger partial charge >= 0.3 is 5.97 Å². The molecular weight excluding hydrogens is 351 g/mol. The van der Waals surface area contributed by atoms with E-state index in [4.69, 9.17) is 33.0 Å². The summed E-state index contributed by atoms with van der Waals surface area (Å²) in [6, 6.07) is 10.0. The van der Waals surface area contributed by atoms with Crippen molar-refractivity contribution in [1.82, 2.24) is 0 Å². The highest BCUT2D eigenvalue weighted by Crippen LogP contribution is 2.40. The Morgan fingerprint density at radius 2 is 1.75 bits per heavy atom. The second-order valence-corrected chi connectivity index (χ2v) is 5.89. The molecule has 6 heteroatoms. The van der Waals surface area contributed by atoms with E-state index in [9.17, 15) is 9.59 Å². The fourth-order valence-electron chi connectivity index (χ4n) is 2.24. The molecule has 0 aromatic heterocycles. The minimum atomic E-state index is -1.01. The van der Waals surface area contributed by atoms with Gasteiger partial charge in [0, 0.05) is 11.1 Å². The number of Topliss-reactive ketones (excluding diaryl/α,β-unsaturated/α-hetero) is 1. The minimum absolute atomic E-state index is 0.156. The van der Waals surface area contributed by atoms with E-state index in [-0.39, 0.29) is 16.6 Å². The molecule has 0 bridgehead atoms. The standard InChI is InChI=1S/C18H10Cl2O4/c19-12-8-13-17(23)15(24-18(13)14(20)9-12)7-11-3-1-10(2-4-11)5-6-16(21)22/h1-9H,(H,21,22). The van der Waals surface area contributed by atoms with Crippen molar-refractivity contribution in [2.24, 2.45) is 0 Å². The lowest BCUT2D eigenvalue weighted by atomic mass is 10.1. The number of carbonyl (C=O) groups excluding carboxylic acids is 1. The Labute approximate surface area is 147 Å². The minimum Gasteiger partial charge on any atom is -0.478 e. The van der Waals surface area contributed by atoms with Gasteiger partial charge in [-0.25, -0.2) is 4.79 Å². The highest BCUT2D eigenvalue weighted by Gasteiger charge is 2.29. The van der Waals surface area contributed by atoms with Crippen LogP contribution in [0, 0.1) is 0 Å². The molecule has 1 heterocycles. The van der Waals surface area contributed by atoms with Crippen molar-refractivity contribution in [3.8, 4) is 5.75 Å². The number of carboxylic acids is 1.